The molecule has 2 amide bonds. The number of aliphatic hydroxyl groups excluding tert-OH is 2. The first-order valence-corrected chi connectivity index (χ1v) is 13.8. The topological polar surface area (TPSA) is 129 Å². The van der Waals surface area contributed by atoms with E-state index < -0.39 is 18.3 Å². The number of aromatic nitrogens is 2. The summed E-state index contributed by atoms with van der Waals surface area (Å²) in [6.45, 7) is 10.8. The van der Waals surface area contributed by atoms with Gasteiger partial charge in [-0.2, -0.15) is 0 Å². The van der Waals surface area contributed by atoms with Crippen molar-refractivity contribution in [2.75, 3.05) is 53.0 Å². The van der Waals surface area contributed by atoms with E-state index in [2.05, 4.69) is 28.7 Å². The molecule has 2 rings (SSSR count). The van der Waals surface area contributed by atoms with Crippen molar-refractivity contribution < 1.29 is 29.3 Å². The molecule has 0 radical (unpaired) electrons. The summed E-state index contributed by atoms with van der Waals surface area (Å²) in [5.41, 5.74) is 0. The van der Waals surface area contributed by atoms with E-state index in [1.165, 1.54) is 14.0 Å². The molecular weight excluding hydrogens is 490 g/mol. The Kier molecular flexibility index (Phi) is 14.2. The lowest BCUT2D eigenvalue weighted by atomic mass is 10.00. The number of carbonyl (C=O) groups is 2. The third-order valence-electron chi connectivity index (χ3n) is 7.04. The van der Waals surface area contributed by atoms with Crippen molar-refractivity contribution in [2.24, 2.45) is 5.92 Å². The fourth-order valence-electron chi connectivity index (χ4n) is 4.83. The number of imidazole rings is 1. The van der Waals surface area contributed by atoms with Crippen molar-refractivity contribution >= 4 is 11.8 Å². The number of aryl methyl sites for hydroxylation is 2. The number of hydrogen-bond acceptors (Lipinski definition) is 8. The number of carbonyl (C=O) groups excluding carboxylic acids is 2. The molecule has 4 atom stereocenters. The van der Waals surface area contributed by atoms with Crippen LogP contribution in [0.2, 0.25) is 0 Å². The summed E-state index contributed by atoms with van der Waals surface area (Å²) < 4.78 is 13.1. The van der Waals surface area contributed by atoms with E-state index in [1.807, 2.05) is 18.0 Å². The Balaban J connectivity index is 2.13. The zero-order valence-electron chi connectivity index (χ0n) is 23.8. The molecular formula is C27H49N5O6. The average Bonchev–Trinajstić information content (AvgIpc) is 3.28. The third-order valence-corrected chi connectivity index (χ3v) is 7.04. The molecule has 218 valence electrons. The summed E-state index contributed by atoms with van der Waals surface area (Å²) in [6.07, 6.45) is 3.68. The summed E-state index contributed by atoms with van der Waals surface area (Å²) in [7, 11) is 1.45. The molecule has 1 aromatic rings. The van der Waals surface area contributed by atoms with Gasteiger partial charge in [-0.15, -0.1) is 0 Å². The summed E-state index contributed by atoms with van der Waals surface area (Å²) in [5.74, 6) is 1.11. The first kappa shape index (κ1) is 32.2. The molecule has 1 saturated heterocycles. The minimum Gasteiger partial charge on any atom is -0.388 e. The van der Waals surface area contributed by atoms with E-state index in [-0.39, 0.29) is 37.6 Å². The summed E-state index contributed by atoms with van der Waals surface area (Å²) >= 11 is 0. The Labute approximate surface area is 227 Å². The first-order chi connectivity index (χ1) is 18.1. The normalized spacial score (nSPS) is 24.4. The number of nitrogens with zero attached hydrogens (tertiary/aromatic N) is 4. The summed E-state index contributed by atoms with van der Waals surface area (Å²) in [5, 5.41) is 24.3. The molecule has 0 bridgehead atoms. The van der Waals surface area contributed by atoms with Gasteiger partial charge in [0.05, 0.1) is 13.2 Å². The second-order valence-electron chi connectivity index (χ2n) is 10.6. The molecule has 0 aliphatic carbocycles. The van der Waals surface area contributed by atoms with Crippen molar-refractivity contribution in [3.63, 3.8) is 0 Å². The maximum atomic E-state index is 13.5. The zero-order valence-corrected chi connectivity index (χ0v) is 23.8. The van der Waals surface area contributed by atoms with Gasteiger partial charge in [0.2, 0.25) is 11.8 Å². The number of amides is 2. The predicted octanol–water partition coefficient (Wildman–Crippen LogP) is 0.810. The van der Waals surface area contributed by atoms with Gasteiger partial charge >= 0.3 is 0 Å². The van der Waals surface area contributed by atoms with Crippen LogP contribution in [-0.2, 0) is 25.6 Å². The van der Waals surface area contributed by atoms with Crippen LogP contribution in [0.15, 0.2) is 12.4 Å². The van der Waals surface area contributed by atoms with Gasteiger partial charge in [0, 0.05) is 65.3 Å². The predicted molar refractivity (Wildman–Crippen MR) is 145 cm³/mol. The monoisotopic (exact) mass is 539 g/mol. The van der Waals surface area contributed by atoms with E-state index in [0.29, 0.717) is 38.6 Å². The lowest BCUT2D eigenvalue weighted by Crippen LogP contribution is -2.54. The quantitative estimate of drug-likeness (QED) is 0.393. The van der Waals surface area contributed by atoms with Crippen LogP contribution in [0.1, 0.15) is 52.3 Å². The first-order valence-electron chi connectivity index (χ1n) is 13.8. The molecule has 3 N–H and O–H groups in total. The summed E-state index contributed by atoms with van der Waals surface area (Å²) in [4.78, 5) is 33.9. The van der Waals surface area contributed by atoms with Gasteiger partial charge in [0.15, 0.2) is 0 Å². The van der Waals surface area contributed by atoms with Crippen molar-refractivity contribution in [1.29, 1.82) is 0 Å². The van der Waals surface area contributed by atoms with Crippen LogP contribution in [-0.4, -0.2) is 119 Å². The van der Waals surface area contributed by atoms with E-state index in [9.17, 15) is 19.8 Å². The lowest BCUT2D eigenvalue weighted by molar-refractivity contribution is -0.142. The molecule has 2 heterocycles. The average molecular weight is 540 g/mol. The van der Waals surface area contributed by atoms with Gasteiger partial charge in [0.1, 0.15) is 24.1 Å². The van der Waals surface area contributed by atoms with Gasteiger partial charge in [-0.25, -0.2) is 4.98 Å². The second-order valence-corrected chi connectivity index (χ2v) is 10.6. The highest BCUT2D eigenvalue weighted by atomic mass is 16.5. The van der Waals surface area contributed by atoms with Crippen LogP contribution in [0.25, 0.3) is 0 Å². The molecule has 1 aliphatic rings. The van der Waals surface area contributed by atoms with E-state index in [1.54, 1.807) is 11.1 Å². The van der Waals surface area contributed by atoms with Gasteiger partial charge in [-0.3, -0.25) is 9.59 Å². The van der Waals surface area contributed by atoms with Crippen molar-refractivity contribution in [3.8, 4) is 0 Å². The highest BCUT2D eigenvalue weighted by Gasteiger charge is 2.32. The maximum absolute atomic E-state index is 13.5. The van der Waals surface area contributed by atoms with Crippen molar-refractivity contribution in [2.45, 2.75) is 84.3 Å². The van der Waals surface area contributed by atoms with E-state index in [0.717, 1.165) is 31.6 Å². The molecule has 11 nitrogen and oxygen atoms in total. The van der Waals surface area contributed by atoms with Gasteiger partial charge in [0.25, 0.3) is 0 Å². The number of ether oxygens (including phenoxy) is 2. The number of rotatable bonds is 9. The molecule has 38 heavy (non-hydrogen) atoms. The second kappa shape index (κ2) is 16.8. The lowest BCUT2D eigenvalue weighted by Gasteiger charge is -2.38. The number of aliphatic hydroxyl groups is 2. The molecule has 0 saturated carbocycles. The minimum absolute atomic E-state index is 0.00437. The van der Waals surface area contributed by atoms with Crippen LogP contribution in [0.4, 0.5) is 0 Å². The molecule has 0 spiro atoms. The van der Waals surface area contributed by atoms with Gasteiger partial charge in [-0.05, 0) is 45.1 Å². The minimum atomic E-state index is -1.21. The van der Waals surface area contributed by atoms with Crippen molar-refractivity contribution in [1.82, 2.24) is 24.7 Å². The molecule has 1 aromatic heterocycles. The molecule has 1 aliphatic heterocycles. The number of hydrogen-bond donors (Lipinski definition) is 3. The molecule has 0 aromatic carbocycles. The van der Waals surface area contributed by atoms with Crippen molar-refractivity contribution in [3.05, 3.63) is 18.2 Å². The van der Waals surface area contributed by atoms with Crippen LogP contribution in [0.5, 0.6) is 0 Å². The Hall–Kier alpha value is -2.05. The van der Waals surface area contributed by atoms with Crippen LogP contribution in [0, 0.1) is 12.8 Å². The summed E-state index contributed by atoms with van der Waals surface area (Å²) in [6, 6.07) is -0.190. The van der Waals surface area contributed by atoms with Gasteiger partial charge < -0.3 is 39.4 Å². The Morgan fingerprint density at radius 3 is 2.66 bits per heavy atom. The molecule has 1 fully saturated rings. The maximum Gasteiger partial charge on any atom is 0.236 e. The van der Waals surface area contributed by atoms with Crippen LogP contribution in [0.3, 0.4) is 0 Å². The standard InChI is InChI=1S/C27H49N5O6/c1-20(2)15-23-17-31(22(4)33)18-25(37-5)27(36)24(34)19-38-14-7-6-12-32(23)26(35)16-28-9-8-11-30-13-10-29-21(30)3/h10,13,20,23-25,27-28,34,36H,6-9,11-12,14-19H2,1-5H3/t23-,24-,25-,27-/m1/s1. The Morgan fingerprint density at radius 1 is 1.26 bits per heavy atom. The third kappa shape index (κ3) is 10.6. The Bertz CT molecular complexity index is 835. The van der Waals surface area contributed by atoms with E-state index >= 15 is 0 Å². The highest BCUT2D eigenvalue weighted by molar-refractivity contribution is 5.79. The number of nitrogens with one attached hydrogen (secondary N) is 1. The van der Waals surface area contributed by atoms with Crippen LogP contribution >= 0.6 is 0 Å². The fraction of sp³-hybridized carbons (Fsp3) is 0.815. The zero-order chi connectivity index (χ0) is 28.1. The Morgan fingerprint density at radius 2 is 2.03 bits per heavy atom. The largest absolute Gasteiger partial charge is 0.388 e. The SMILES string of the molecule is CO[C@@H]1CN(C(C)=O)C[C@@H](CC(C)C)N(C(=O)CNCCCn2ccnc2C)CCCCOC[C@@H](O)[C@H]1O. The highest BCUT2D eigenvalue weighted by Crippen LogP contribution is 2.17. The molecule has 0 unspecified atom stereocenters. The fourth-order valence-corrected chi connectivity index (χ4v) is 4.83. The smallest absolute Gasteiger partial charge is 0.236 e. The molecule has 11 heteroatoms. The van der Waals surface area contributed by atoms with Crippen LogP contribution < -0.4 is 5.32 Å². The van der Waals surface area contributed by atoms with E-state index in [4.69, 9.17) is 9.47 Å². The van der Waals surface area contributed by atoms with Gasteiger partial charge in [-0.1, -0.05) is 13.8 Å². The number of methoxy groups -OCH3 is 1.